The van der Waals surface area contributed by atoms with E-state index in [2.05, 4.69) is 6.58 Å². The number of hydrogen-bond donors (Lipinski definition) is 0. The number of benzene rings is 2. The minimum Gasteiger partial charge on any atom is -0.339 e. The molecule has 9 heteroatoms. The number of sulfonamides is 1. The first-order valence-electron chi connectivity index (χ1n) is 10.2. The minimum absolute atomic E-state index is 0.0238. The number of hydrogen-bond acceptors (Lipinski definition) is 5. The quantitative estimate of drug-likeness (QED) is 0.569. The summed E-state index contributed by atoms with van der Waals surface area (Å²) in [7, 11) is -3.82. The monoisotopic (exact) mass is 456 g/mol. The fraction of sp³-hybridized carbons (Fsp3) is 0.304. The number of piperazine rings is 1. The van der Waals surface area contributed by atoms with Crippen molar-refractivity contribution in [2.45, 2.75) is 11.4 Å². The molecule has 1 aliphatic rings. The van der Waals surface area contributed by atoms with Crippen LogP contribution >= 0.6 is 0 Å². The summed E-state index contributed by atoms with van der Waals surface area (Å²) in [6.07, 6.45) is 1.66. The summed E-state index contributed by atoms with van der Waals surface area (Å²) in [4.78, 5) is 16.2. The lowest BCUT2D eigenvalue weighted by Crippen LogP contribution is -2.52. The number of nitrogens with zero attached hydrogens (tertiary/aromatic N) is 4. The molecule has 1 amide bonds. The van der Waals surface area contributed by atoms with Crippen LogP contribution < -0.4 is 0 Å². The van der Waals surface area contributed by atoms with Crippen molar-refractivity contribution < 1.29 is 17.6 Å². The van der Waals surface area contributed by atoms with E-state index < -0.39 is 10.0 Å². The molecule has 0 bridgehead atoms. The zero-order valence-electron chi connectivity index (χ0n) is 17.7. The van der Waals surface area contributed by atoms with Gasteiger partial charge in [-0.15, -0.1) is 6.58 Å². The summed E-state index contributed by atoms with van der Waals surface area (Å²) in [6.45, 7) is 5.24. The van der Waals surface area contributed by atoms with Gasteiger partial charge in [0.2, 0.25) is 15.9 Å². The van der Waals surface area contributed by atoms with Crippen LogP contribution in [0.1, 0.15) is 11.1 Å². The predicted octanol–water partition coefficient (Wildman–Crippen LogP) is 2.22. The smallest absolute Gasteiger partial charge is 0.244 e. The molecular weight excluding hydrogens is 431 g/mol. The predicted molar refractivity (Wildman–Crippen MR) is 118 cm³/mol. The highest BCUT2D eigenvalue weighted by Gasteiger charge is 2.31. The standard InChI is InChI=1S/C23H25FN4O3S/c1-2-11-26(17-20-8-3-5-9-21(20)24)18-23(29)27-12-14-28(15-13-27)32(30,31)22-10-6-4-7-19(22)16-25/h2-10H,1,11-15,17-18H2. The van der Waals surface area contributed by atoms with Crippen molar-refractivity contribution in [3.05, 3.63) is 78.1 Å². The van der Waals surface area contributed by atoms with Gasteiger partial charge in [0.15, 0.2) is 0 Å². The molecule has 168 valence electrons. The average molecular weight is 457 g/mol. The van der Waals surface area contributed by atoms with Crippen LogP contribution in [0.25, 0.3) is 0 Å². The summed E-state index contributed by atoms with van der Waals surface area (Å²) < 4.78 is 41.2. The molecule has 0 radical (unpaired) electrons. The molecule has 2 aromatic rings. The molecule has 0 aromatic heterocycles. The van der Waals surface area contributed by atoms with E-state index in [0.29, 0.717) is 12.1 Å². The zero-order valence-corrected chi connectivity index (χ0v) is 18.5. The van der Waals surface area contributed by atoms with Crippen LogP contribution in [0.15, 0.2) is 66.1 Å². The maximum absolute atomic E-state index is 14.0. The molecule has 0 saturated carbocycles. The van der Waals surface area contributed by atoms with E-state index in [9.17, 15) is 22.9 Å². The maximum atomic E-state index is 14.0. The SMILES string of the molecule is C=CCN(CC(=O)N1CCN(S(=O)(=O)c2ccccc2C#N)CC1)Cc1ccccc1F. The van der Waals surface area contributed by atoms with E-state index in [0.717, 1.165) is 0 Å². The topological polar surface area (TPSA) is 84.7 Å². The van der Waals surface area contributed by atoms with Gasteiger partial charge in [-0.2, -0.15) is 9.57 Å². The van der Waals surface area contributed by atoms with Gasteiger partial charge in [0.05, 0.1) is 17.0 Å². The van der Waals surface area contributed by atoms with E-state index in [-0.39, 0.29) is 61.5 Å². The Morgan fingerprint density at radius 2 is 1.78 bits per heavy atom. The summed E-state index contributed by atoms with van der Waals surface area (Å²) in [5.41, 5.74) is 0.591. The van der Waals surface area contributed by atoms with E-state index in [1.54, 1.807) is 46.2 Å². The van der Waals surface area contributed by atoms with Gasteiger partial charge in [-0.3, -0.25) is 9.69 Å². The Morgan fingerprint density at radius 1 is 1.12 bits per heavy atom. The Labute approximate surface area is 188 Å². The Morgan fingerprint density at radius 3 is 2.44 bits per heavy atom. The fourth-order valence-corrected chi connectivity index (χ4v) is 5.19. The van der Waals surface area contributed by atoms with Crippen molar-refractivity contribution in [2.75, 3.05) is 39.3 Å². The van der Waals surface area contributed by atoms with E-state index in [1.807, 2.05) is 6.07 Å². The lowest BCUT2D eigenvalue weighted by atomic mass is 10.2. The second-order valence-corrected chi connectivity index (χ2v) is 9.35. The third-order valence-electron chi connectivity index (χ3n) is 5.31. The Bertz CT molecular complexity index is 1120. The van der Waals surface area contributed by atoms with Crippen LogP contribution in [0.2, 0.25) is 0 Å². The van der Waals surface area contributed by atoms with Crippen LogP contribution in [-0.2, 0) is 21.4 Å². The maximum Gasteiger partial charge on any atom is 0.244 e. The Kier molecular flexibility index (Phi) is 7.75. The van der Waals surface area contributed by atoms with Gasteiger partial charge in [-0.1, -0.05) is 36.4 Å². The lowest BCUT2D eigenvalue weighted by molar-refractivity contribution is -0.133. The van der Waals surface area contributed by atoms with Crippen molar-refractivity contribution in [2.24, 2.45) is 0 Å². The third-order valence-corrected chi connectivity index (χ3v) is 7.27. The van der Waals surface area contributed by atoms with E-state index in [4.69, 9.17) is 0 Å². The number of carbonyl (C=O) groups excluding carboxylic acids is 1. The first-order valence-corrected chi connectivity index (χ1v) is 11.6. The lowest BCUT2D eigenvalue weighted by Gasteiger charge is -2.35. The van der Waals surface area contributed by atoms with Crippen molar-refractivity contribution in [1.29, 1.82) is 5.26 Å². The molecule has 2 aromatic carbocycles. The zero-order chi connectivity index (χ0) is 23.1. The van der Waals surface area contributed by atoms with Crippen LogP contribution in [0.5, 0.6) is 0 Å². The second kappa shape index (κ2) is 10.5. The molecule has 0 unspecified atom stereocenters. The van der Waals surface area contributed by atoms with Gasteiger partial charge in [-0.05, 0) is 18.2 Å². The molecule has 1 saturated heterocycles. The number of amides is 1. The van der Waals surface area contributed by atoms with Crippen LogP contribution in [0, 0.1) is 17.1 Å². The average Bonchev–Trinajstić information content (AvgIpc) is 2.80. The Hall–Kier alpha value is -3.06. The van der Waals surface area contributed by atoms with Gasteiger partial charge in [-0.25, -0.2) is 12.8 Å². The van der Waals surface area contributed by atoms with Gasteiger partial charge in [0, 0.05) is 44.8 Å². The molecule has 7 nitrogen and oxygen atoms in total. The third kappa shape index (κ3) is 5.40. The summed E-state index contributed by atoms with van der Waals surface area (Å²) in [5.74, 6) is -0.483. The molecule has 1 aliphatic heterocycles. The number of rotatable bonds is 8. The molecule has 1 heterocycles. The molecule has 3 rings (SSSR count). The van der Waals surface area contributed by atoms with Crippen molar-refractivity contribution >= 4 is 15.9 Å². The number of nitriles is 1. The van der Waals surface area contributed by atoms with E-state index in [1.165, 1.54) is 22.5 Å². The molecule has 0 N–H and O–H groups in total. The van der Waals surface area contributed by atoms with Crippen molar-refractivity contribution in [3.8, 4) is 6.07 Å². The first kappa shape index (κ1) is 23.6. The second-order valence-electron chi connectivity index (χ2n) is 7.44. The van der Waals surface area contributed by atoms with Crippen LogP contribution in [-0.4, -0.2) is 67.7 Å². The summed E-state index contributed by atoms with van der Waals surface area (Å²) >= 11 is 0. The molecule has 32 heavy (non-hydrogen) atoms. The number of carbonyl (C=O) groups is 1. The van der Waals surface area contributed by atoms with Gasteiger partial charge >= 0.3 is 0 Å². The molecule has 0 spiro atoms. The van der Waals surface area contributed by atoms with Crippen LogP contribution in [0.3, 0.4) is 0 Å². The van der Waals surface area contributed by atoms with Gasteiger partial charge in [0.1, 0.15) is 11.9 Å². The summed E-state index contributed by atoms with van der Waals surface area (Å²) in [5, 5.41) is 9.22. The van der Waals surface area contributed by atoms with Crippen molar-refractivity contribution in [1.82, 2.24) is 14.1 Å². The molecule has 1 fully saturated rings. The number of halogens is 1. The highest BCUT2D eigenvalue weighted by molar-refractivity contribution is 7.89. The largest absolute Gasteiger partial charge is 0.339 e. The highest BCUT2D eigenvalue weighted by atomic mass is 32.2. The van der Waals surface area contributed by atoms with Crippen LogP contribution in [0.4, 0.5) is 4.39 Å². The highest BCUT2D eigenvalue weighted by Crippen LogP contribution is 2.21. The molecule has 0 aliphatic carbocycles. The Balaban J connectivity index is 1.62. The van der Waals surface area contributed by atoms with Gasteiger partial charge in [0.25, 0.3) is 0 Å². The summed E-state index contributed by atoms with van der Waals surface area (Å²) in [6, 6.07) is 14.4. The molecule has 0 atom stereocenters. The first-order chi connectivity index (χ1) is 15.4. The van der Waals surface area contributed by atoms with Crippen molar-refractivity contribution in [3.63, 3.8) is 0 Å². The minimum atomic E-state index is -3.82. The van der Waals surface area contributed by atoms with Gasteiger partial charge < -0.3 is 4.90 Å². The fourth-order valence-electron chi connectivity index (χ4n) is 3.63. The molecular formula is C23H25FN4O3S. The normalized spacial score (nSPS) is 14.8. The van der Waals surface area contributed by atoms with E-state index >= 15 is 0 Å².